The van der Waals surface area contributed by atoms with Crippen molar-refractivity contribution in [2.45, 2.75) is 39.5 Å². The largest absolute Gasteiger partial charge is 0.360 e. The van der Waals surface area contributed by atoms with Gasteiger partial charge in [-0.25, -0.2) is 0 Å². The summed E-state index contributed by atoms with van der Waals surface area (Å²) in [7, 11) is 0. The van der Waals surface area contributed by atoms with E-state index in [9.17, 15) is 4.79 Å². The van der Waals surface area contributed by atoms with Gasteiger partial charge in [0, 0.05) is 6.07 Å². The third-order valence-corrected chi connectivity index (χ3v) is 4.93. The van der Waals surface area contributed by atoms with Crippen LogP contribution in [0.25, 0.3) is 0 Å². The fourth-order valence-electron chi connectivity index (χ4n) is 3.37. The number of anilines is 1. The van der Waals surface area contributed by atoms with Crippen LogP contribution in [-0.2, 0) is 11.2 Å². The van der Waals surface area contributed by atoms with Crippen molar-refractivity contribution < 1.29 is 9.32 Å². The number of piperidine rings is 1. The van der Waals surface area contributed by atoms with E-state index in [1.807, 2.05) is 6.92 Å². The van der Waals surface area contributed by atoms with E-state index in [1.165, 1.54) is 30.4 Å². The highest BCUT2D eigenvalue weighted by atomic mass is 16.5. The molecule has 0 saturated carbocycles. The Kier molecular flexibility index (Phi) is 5.87. The van der Waals surface area contributed by atoms with Crippen molar-refractivity contribution in [3.8, 4) is 0 Å². The van der Waals surface area contributed by atoms with Gasteiger partial charge in [-0.2, -0.15) is 0 Å². The van der Waals surface area contributed by atoms with Gasteiger partial charge >= 0.3 is 0 Å². The number of nitrogens with one attached hydrogen (secondary N) is 1. The maximum atomic E-state index is 12.1. The summed E-state index contributed by atoms with van der Waals surface area (Å²) < 4.78 is 4.96. The summed E-state index contributed by atoms with van der Waals surface area (Å²) >= 11 is 0. The average Bonchev–Trinajstić information content (AvgIpc) is 3.00. The predicted molar refractivity (Wildman–Crippen MR) is 98.5 cm³/mol. The number of nitrogens with zero attached hydrogens (tertiary/aromatic N) is 2. The number of hydrogen-bond donors (Lipinski definition) is 1. The molecule has 1 N–H and O–H groups in total. The van der Waals surface area contributed by atoms with Crippen molar-refractivity contribution >= 4 is 11.7 Å². The number of carbonyl (C=O) groups excluding carboxylic acids is 1. The first kappa shape index (κ1) is 17.7. The molecule has 1 aliphatic rings. The first-order valence-electron chi connectivity index (χ1n) is 9.09. The molecule has 0 unspecified atom stereocenters. The summed E-state index contributed by atoms with van der Waals surface area (Å²) in [5.41, 5.74) is 2.74. The molecule has 5 heteroatoms. The summed E-state index contributed by atoms with van der Waals surface area (Å²) in [5, 5.41) is 6.58. The number of carbonyl (C=O) groups is 1. The van der Waals surface area contributed by atoms with Crippen LogP contribution in [0.5, 0.6) is 0 Å². The van der Waals surface area contributed by atoms with E-state index in [0.717, 1.165) is 25.4 Å². The minimum atomic E-state index is -0.0218. The van der Waals surface area contributed by atoms with Crippen molar-refractivity contribution in [3.63, 3.8) is 0 Å². The van der Waals surface area contributed by atoms with Gasteiger partial charge in [-0.15, -0.1) is 0 Å². The fourth-order valence-corrected chi connectivity index (χ4v) is 3.37. The Hall–Kier alpha value is -2.14. The molecule has 5 nitrogen and oxygen atoms in total. The zero-order chi connectivity index (χ0) is 17.6. The second-order valence-corrected chi connectivity index (χ2v) is 7.11. The minimum Gasteiger partial charge on any atom is -0.360 e. The number of benzene rings is 1. The van der Waals surface area contributed by atoms with Gasteiger partial charge in [0.1, 0.15) is 5.76 Å². The fraction of sp³-hybridized carbons (Fsp3) is 0.500. The number of aromatic nitrogens is 1. The van der Waals surface area contributed by atoms with Crippen molar-refractivity contribution in [2.24, 2.45) is 5.92 Å². The summed E-state index contributed by atoms with van der Waals surface area (Å²) in [5.74, 6) is 1.94. The topological polar surface area (TPSA) is 58.4 Å². The quantitative estimate of drug-likeness (QED) is 0.872. The second-order valence-electron chi connectivity index (χ2n) is 7.11. The van der Waals surface area contributed by atoms with Gasteiger partial charge < -0.3 is 9.84 Å². The molecule has 0 atom stereocenters. The molecule has 2 aromatic rings. The van der Waals surface area contributed by atoms with Crippen LogP contribution in [-0.4, -0.2) is 35.6 Å². The molecule has 1 fully saturated rings. The zero-order valence-electron chi connectivity index (χ0n) is 15.1. The third kappa shape index (κ3) is 5.43. The van der Waals surface area contributed by atoms with Gasteiger partial charge in [0.15, 0.2) is 5.82 Å². The number of aryl methyl sites for hydroxylation is 3. The second kappa shape index (κ2) is 8.30. The number of rotatable bonds is 6. The molecule has 1 aromatic carbocycles. The van der Waals surface area contributed by atoms with E-state index in [4.69, 9.17) is 4.52 Å². The zero-order valence-corrected chi connectivity index (χ0v) is 15.1. The van der Waals surface area contributed by atoms with E-state index >= 15 is 0 Å². The maximum Gasteiger partial charge on any atom is 0.239 e. The Labute approximate surface area is 149 Å². The van der Waals surface area contributed by atoms with Crippen LogP contribution < -0.4 is 5.32 Å². The maximum absolute atomic E-state index is 12.1. The predicted octanol–water partition coefficient (Wildman–Crippen LogP) is 3.57. The molecule has 2 heterocycles. The summed E-state index contributed by atoms with van der Waals surface area (Å²) in [6.07, 6.45) is 4.72. The van der Waals surface area contributed by atoms with Crippen molar-refractivity contribution in [1.29, 1.82) is 0 Å². The third-order valence-electron chi connectivity index (χ3n) is 4.93. The first-order chi connectivity index (χ1) is 12.1. The molecule has 25 heavy (non-hydrogen) atoms. The minimum absolute atomic E-state index is 0.0218. The lowest BCUT2D eigenvalue weighted by atomic mass is 9.90. The molecule has 0 spiro atoms. The highest BCUT2D eigenvalue weighted by molar-refractivity contribution is 5.91. The Bertz CT molecular complexity index is 685. The van der Waals surface area contributed by atoms with Crippen LogP contribution in [0, 0.1) is 19.8 Å². The Morgan fingerprint density at radius 2 is 1.96 bits per heavy atom. The van der Waals surface area contributed by atoms with Crippen LogP contribution in [0.2, 0.25) is 0 Å². The van der Waals surface area contributed by atoms with E-state index in [0.29, 0.717) is 18.1 Å². The van der Waals surface area contributed by atoms with Gasteiger partial charge in [-0.05, 0) is 64.1 Å². The van der Waals surface area contributed by atoms with E-state index in [2.05, 4.69) is 46.6 Å². The molecule has 134 valence electrons. The SMILES string of the molecule is Cc1ccc(CCC2CCN(CC(=O)Nc3cc(C)on3)CC2)cc1. The molecule has 3 rings (SSSR count). The standard InChI is InChI=1S/C20H27N3O2/c1-15-3-5-17(6-4-15)7-8-18-9-11-23(12-10-18)14-20(24)21-19-13-16(2)25-22-19/h3-6,13,18H,7-12,14H2,1-2H3,(H,21,22,24). The lowest BCUT2D eigenvalue weighted by Gasteiger charge is -2.31. The van der Waals surface area contributed by atoms with Crippen molar-refractivity contribution in [1.82, 2.24) is 10.1 Å². The number of hydrogen-bond acceptors (Lipinski definition) is 4. The lowest BCUT2D eigenvalue weighted by Crippen LogP contribution is -2.39. The molecular formula is C20H27N3O2. The first-order valence-corrected chi connectivity index (χ1v) is 9.09. The molecule has 1 aromatic heterocycles. The monoisotopic (exact) mass is 341 g/mol. The van der Waals surface area contributed by atoms with E-state index < -0.39 is 0 Å². The van der Waals surface area contributed by atoms with Crippen LogP contribution in [0.1, 0.15) is 36.1 Å². The molecule has 1 amide bonds. The molecule has 0 aliphatic carbocycles. The Morgan fingerprint density at radius 3 is 2.60 bits per heavy atom. The van der Waals surface area contributed by atoms with Crippen LogP contribution >= 0.6 is 0 Å². The molecular weight excluding hydrogens is 314 g/mol. The van der Waals surface area contributed by atoms with Crippen molar-refractivity contribution in [3.05, 3.63) is 47.2 Å². The van der Waals surface area contributed by atoms with Crippen LogP contribution in [0.4, 0.5) is 5.82 Å². The van der Waals surface area contributed by atoms with E-state index in [1.54, 1.807) is 6.07 Å². The normalized spacial score (nSPS) is 16.1. The molecule has 1 saturated heterocycles. The number of likely N-dealkylation sites (tertiary alicyclic amines) is 1. The highest BCUT2D eigenvalue weighted by Crippen LogP contribution is 2.22. The van der Waals surface area contributed by atoms with Crippen LogP contribution in [0.3, 0.4) is 0 Å². The molecule has 0 bridgehead atoms. The van der Waals surface area contributed by atoms with E-state index in [-0.39, 0.29) is 5.91 Å². The molecule has 1 aliphatic heterocycles. The summed E-state index contributed by atoms with van der Waals surface area (Å²) in [4.78, 5) is 14.3. The van der Waals surface area contributed by atoms with Gasteiger partial charge in [0.05, 0.1) is 6.54 Å². The van der Waals surface area contributed by atoms with Gasteiger partial charge in [-0.3, -0.25) is 9.69 Å². The lowest BCUT2D eigenvalue weighted by molar-refractivity contribution is -0.117. The smallest absolute Gasteiger partial charge is 0.239 e. The highest BCUT2D eigenvalue weighted by Gasteiger charge is 2.21. The van der Waals surface area contributed by atoms with Crippen molar-refractivity contribution in [2.75, 3.05) is 25.0 Å². The van der Waals surface area contributed by atoms with Gasteiger partial charge in [0.2, 0.25) is 5.91 Å². The van der Waals surface area contributed by atoms with Gasteiger partial charge in [0.25, 0.3) is 0 Å². The summed E-state index contributed by atoms with van der Waals surface area (Å²) in [6, 6.07) is 10.6. The Morgan fingerprint density at radius 1 is 1.24 bits per heavy atom. The number of amides is 1. The average molecular weight is 341 g/mol. The molecule has 0 radical (unpaired) electrons. The van der Waals surface area contributed by atoms with Crippen LogP contribution in [0.15, 0.2) is 34.9 Å². The van der Waals surface area contributed by atoms with Gasteiger partial charge in [-0.1, -0.05) is 35.0 Å². The summed E-state index contributed by atoms with van der Waals surface area (Å²) in [6.45, 7) is 6.34. The Balaban J connectivity index is 1.36.